The molecular weight excluding hydrogens is 508 g/mol. The lowest BCUT2D eigenvalue weighted by molar-refractivity contribution is -0.147. The molecule has 0 N–H and O–H groups in total. The molecule has 0 radical (unpaired) electrons. The van der Waals surface area contributed by atoms with Crippen LogP contribution in [0.3, 0.4) is 0 Å². The molecule has 0 spiro atoms. The average molecular weight is 553 g/mol. The van der Waals surface area contributed by atoms with Crippen LogP contribution < -0.4 is 9.80 Å². The van der Waals surface area contributed by atoms with Gasteiger partial charge < -0.3 is 14.5 Å². The van der Waals surface area contributed by atoms with Gasteiger partial charge in [0.25, 0.3) is 0 Å². The number of amides is 1. The van der Waals surface area contributed by atoms with Gasteiger partial charge in [-0.2, -0.15) is 0 Å². The highest BCUT2D eigenvalue weighted by Crippen LogP contribution is 2.40. The van der Waals surface area contributed by atoms with Gasteiger partial charge in [0.1, 0.15) is 0 Å². The average Bonchev–Trinajstić information content (AvgIpc) is 3.03. The molecule has 3 aromatic rings. The third-order valence-electron chi connectivity index (χ3n) is 9.11. The second-order valence-corrected chi connectivity index (χ2v) is 12.0. The number of rotatable bonds is 8. The predicted molar refractivity (Wildman–Crippen MR) is 167 cm³/mol. The lowest BCUT2D eigenvalue weighted by Crippen LogP contribution is -2.37. The zero-order valence-corrected chi connectivity index (χ0v) is 24.9. The first kappa shape index (κ1) is 28.9. The minimum atomic E-state index is -0.120. The molecule has 2 aliphatic rings. The summed E-state index contributed by atoms with van der Waals surface area (Å²) in [6.07, 6.45) is 9.37. The number of carbonyl (C=O) groups excluding carboxylic acids is 2. The van der Waals surface area contributed by atoms with Crippen molar-refractivity contribution in [3.05, 3.63) is 83.9 Å². The van der Waals surface area contributed by atoms with Crippen molar-refractivity contribution in [2.24, 2.45) is 11.8 Å². The van der Waals surface area contributed by atoms with Gasteiger partial charge in [-0.05, 0) is 78.1 Å². The molecule has 2 fully saturated rings. The minimum absolute atomic E-state index is 0.0689. The van der Waals surface area contributed by atoms with Gasteiger partial charge in [-0.15, -0.1) is 0 Å². The number of methoxy groups -OCH3 is 1. The molecule has 5 nitrogen and oxygen atoms in total. The zero-order valence-electron chi connectivity index (χ0n) is 24.9. The summed E-state index contributed by atoms with van der Waals surface area (Å²) in [6.45, 7) is 0.531. The number of esters is 1. The molecule has 0 aromatic heterocycles. The fourth-order valence-corrected chi connectivity index (χ4v) is 6.69. The van der Waals surface area contributed by atoms with E-state index in [4.69, 9.17) is 4.74 Å². The van der Waals surface area contributed by atoms with Gasteiger partial charge in [-0.1, -0.05) is 80.6 Å². The Balaban J connectivity index is 1.41. The van der Waals surface area contributed by atoms with E-state index in [1.807, 2.05) is 19.0 Å². The number of nitrogens with zero attached hydrogens (tertiary/aromatic N) is 2. The summed E-state index contributed by atoms with van der Waals surface area (Å²) in [6, 6.07) is 25.6. The van der Waals surface area contributed by atoms with Crippen LogP contribution in [0.4, 0.5) is 11.4 Å². The van der Waals surface area contributed by atoms with Gasteiger partial charge >= 0.3 is 5.97 Å². The van der Waals surface area contributed by atoms with Crippen LogP contribution in [0.15, 0.2) is 72.8 Å². The monoisotopic (exact) mass is 552 g/mol. The molecule has 0 heterocycles. The maximum atomic E-state index is 14.0. The summed E-state index contributed by atoms with van der Waals surface area (Å²) < 4.78 is 5.17. The molecule has 2 aliphatic carbocycles. The lowest BCUT2D eigenvalue weighted by atomic mass is 9.75. The molecule has 5 rings (SSSR count). The van der Waals surface area contributed by atoms with Crippen LogP contribution in [0.5, 0.6) is 0 Å². The van der Waals surface area contributed by atoms with Gasteiger partial charge in [0.2, 0.25) is 5.91 Å². The van der Waals surface area contributed by atoms with Crippen molar-refractivity contribution >= 4 is 23.3 Å². The molecule has 2 saturated carbocycles. The van der Waals surface area contributed by atoms with Crippen LogP contribution in [-0.4, -0.2) is 33.1 Å². The second-order valence-electron chi connectivity index (χ2n) is 12.0. The fraction of sp³-hybridized carbons (Fsp3) is 0.444. The van der Waals surface area contributed by atoms with Gasteiger partial charge in [-0.25, -0.2) is 0 Å². The number of carbonyl (C=O) groups is 2. The Morgan fingerprint density at radius 1 is 0.756 bits per heavy atom. The standard InChI is InChI=1S/C36H44N2O3/c1-37(2)31-22-20-28(21-23-31)27-18-16-26(17-19-27)25-38(35(39)29-10-5-4-6-11-29)32-13-9-12-30(24-32)33-14-7-8-15-34(33)36(40)41-3/h9,12-13,16-24,29,33-34H,4-8,10-11,14-15,25H2,1-3H3. The van der Waals surface area contributed by atoms with Crippen LogP contribution >= 0.6 is 0 Å². The van der Waals surface area contributed by atoms with E-state index in [2.05, 4.69) is 77.7 Å². The van der Waals surface area contributed by atoms with E-state index < -0.39 is 0 Å². The summed E-state index contributed by atoms with van der Waals surface area (Å²) in [5, 5.41) is 0. The van der Waals surface area contributed by atoms with Crippen molar-refractivity contribution in [3.8, 4) is 11.1 Å². The van der Waals surface area contributed by atoms with E-state index >= 15 is 0 Å². The maximum Gasteiger partial charge on any atom is 0.309 e. The van der Waals surface area contributed by atoms with Crippen molar-refractivity contribution in [2.75, 3.05) is 31.0 Å². The SMILES string of the molecule is COC(=O)C1CCCCC1c1cccc(N(Cc2ccc(-c3ccc(N(C)C)cc3)cc2)C(=O)C2CCCCC2)c1. The van der Waals surface area contributed by atoms with Crippen LogP contribution in [0.2, 0.25) is 0 Å². The van der Waals surface area contributed by atoms with Gasteiger partial charge in [0, 0.05) is 31.4 Å². The van der Waals surface area contributed by atoms with Crippen molar-refractivity contribution in [3.63, 3.8) is 0 Å². The molecule has 0 bridgehead atoms. The van der Waals surface area contributed by atoms with E-state index in [0.717, 1.165) is 73.7 Å². The Labute approximate surface area is 245 Å². The maximum absolute atomic E-state index is 14.0. The number of hydrogen-bond acceptors (Lipinski definition) is 4. The number of anilines is 2. The molecule has 0 saturated heterocycles. The fourth-order valence-electron chi connectivity index (χ4n) is 6.69. The smallest absolute Gasteiger partial charge is 0.309 e. The van der Waals surface area contributed by atoms with Crippen molar-refractivity contribution in [2.45, 2.75) is 70.3 Å². The molecule has 1 amide bonds. The summed E-state index contributed by atoms with van der Waals surface area (Å²) in [4.78, 5) is 30.7. The first-order chi connectivity index (χ1) is 19.9. The zero-order chi connectivity index (χ0) is 28.8. The first-order valence-corrected chi connectivity index (χ1v) is 15.3. The molecule has 41 heavy (non-hydrogen) atoms. The van der Waals surface area contributed by atoms with Crippen LogP contribution in [0.25, 0.3) is 11.1 Å². The van der Waals surface area contributed by atoms with E-state index in [1.165, 1.54) is 24.8 Å². The third kappa shape index (κ3) is 6.83. The van der Waals surface area contributed by atoms with Gasteiger partial charge in [0.05, 0.1) is 19.6 Å². The molecule has 2 atom stereocenters. The number of benzene rings is 3. The highest BCUT2D eigenvalue weighted by atomic mass is 16.5. The molecule has 0 aliphatic heterocycles. The Hall–Kier alpha value is -3.60. The second kappa shape index (κ2) is 13.4. The normalized spacial score (nSPS) is 19.4. The predicted octanol–water partition coefficient (Wildman–Crippen LogP) is 7.98. The van der Waals surface area contributed by atoms with Crippen molar-refractivity contribution < 1.29 is 14.3 Å². The minimum Gasteiger partial charge on any atom is -0.469 e. The molecule has 2 unspecified atom stereocenters. The largest absolute Gasteiger partial charge is 0.469 e. The van der Waals surface area contributed by atoms with Gasteiger partial charge in [0.15, 0.2) is 0 Å². The number of ether oxygens (including phenoxy) is 1. The van der Waals surface area contributed by atoms with E-state index in [1.54, 1.807) is 0 Å². The summed E-state index contributed by atoms with van der Waals surface area (Å²) in [5.74, 6) is 0.177. The Bertz CT molecular complexity index is 1310. The van der Waals surface area contributed by atoms with Crippen LogP contribution in [0, 0.1) is 11.8 Å². The van der Waals surface area contributed by atoms with Gasteiger partial charge in [-0.3, -0.25) is 9.59 Å². The summed E-state index contributed by atoms with van der Waals surface area (Å²) >= 11 is 0. The van der Waals surface area contributed by atoms with Crippen LogP contribution in [-0.2, 0) is 20.9 Å². The summed E-state index contributed by atoms with van der Waals surface area (Å²) in [7, 11) is 5.58. The Morgan fingerprint density at radius 2 is 1.39 bits per heavy atom. The van der Waals surface area contributed by atoms with Crippen molar-refractivity contribution in [1.82, 2.24) is 0 Å². The molecular formula is C36H44N2O3. The molecule has 216 valence electrons. The highest BCUT2D eigenvalue weighted by Gasteiger charge is 2.34. The number of hydrogen-bond donors (Lipinski definition) is 0. The topological polar surface area (TPSA) is 49.9 Å². The van der Waals surface area contributed by atoms with E-state index in [9.17, 15) is 9.59 Å². The van der Waals surface area contributed by atoms with Crippen LogP contribution in [0.1, 0.15) is 74.8 Å². The molecule has 5 heteroatoms. The lowest BCUT2D eigenvalue weighted by Gasteiger charge is -2.32. The Morgan fingerprint density at radius 3 is 2.05 bits per heavy atom. The Kier molecular flexibility index (Phi) is 9.43. The summed E-state index contributed by atoms with van der Waals surface area (Å²) in [5.41, 5.74) is 6.69. The van der Waals surface area contributed by atoms with E-state index in [-0.39, 0.29) is 29.6 Å². The quantitative estimate of drug-likeness (QED) is 0.266. The molecule has 3 aromatic carbocycles. The first-order valence-electron chi connectivity index (χ1n) is 15.3. The van der Waals surface area contributed by atoms with E-state index in [0.29, 0.717) is 6.54 Å². The van der Waals surface area contributed by atoms with Crippen molar-refractivity contribution in [1.29, 1.82) is 0 Å². The highest BCUT2D eigenvalue weighted by molar-refractivity contribution is 5.95. The third-order valence-corrected chi connectivity index (χ3v) is 9.11.